The van der Waals surface area contributed by atoms with Gasteiger partial charge in [0, 0.05) is 14.1 Å². The summed E-state index contributed by atoms with van der Waals surface area (Å²) in [6, 6.07) is 0. The SMILES string of the molecule is CCCC(N)(CC)C(=O)N(C)C. The second-order valence-electron chi connectivity index (χ2n) is 3.46. The lowest BCUT2D eigenvalue weighted by Crippen LogP contribution is -2.52. The summed E-state index contributed by atoms with van der Waals surface area (Å²) in [7, 11) is 3.49. The minimum absolute atomic E-state index is 0.0341. The van der Waals surface area contributed by atoms with Crippen molar-refractivity contribution in [1.82, 2.24) is 4.90 Å². The molecule has 1 unspecified atom stereocenters. The molecule has 2 N–H and O–H groups in total. The van der Waals surface area contributed by atoms with Crippen molar-refractivity contribution in [3.05, 3.63) is 0 Å². The van der Waals surface area contributed by atoms with Crippen LogP contribution in [-0.4, -0.2) is 30.4 Å². The lowest BCUT2D eigenvalue weighted by atomic mass is 9.90. The summed E-state index contributed by atoms with van der Waals surface area (Å²) in [4.78, 5) is 13.2. The lowest BCUT2D eigenvalue weighted by molar-refractivity contribution is -0.134. The molecule has 0 saturated heterocycles. The van der Waals surface area contributed by atoms with Crippen LogP contribution >= 0.6 is 0 Å². The molecule has 0 heterocycles. The number of nitrogens with two attached hydrogens (primary N) is 1. The Morgan fingerprint density at radius 2 is 1.92 bits per heavy atom. The van der Waals surface area contributed by atoms with Crippen LogP contribution in [0.2, 0.25) is 0 Å². The van der Waals surface area contributed by atoms with Gasteiger partial charge in [0.25, 0.3) is 0 Å². The van der Waals surface area contributed by atoms with Gasteiger partial charge in [-0.3, -0.25) is 4.79 Å². The second kappa shape index (κ2) is 4.45. The molecule has 1 amide bonds. The first-order valence-corrected chi connectivity index (χ1v) is 4.48. The largest absolute Gasteiger partial charge is 0.347 e. The van der Waals surface area contributed by atoms with Crippen LogP contribution in [0.25, 0.3) is 0 Å². The predicted octanol–water partition coefficient (Wildman–Crippen LogP) is 0.982. The Hall–Kier alpha value is -0.570. The van der Waals surface area contributed by atoms with E-state index in [0.29, 0.717) is 6.42 Å². The number of amides is 1. The molecule has 0 spiro atoms. The van der Waals surface area contributed by atoms with Gasteiger partial charge in [-0.05, 0) is 12.8 Å². The molecule has 3 heteroatoms. The van der Waals surface area contributed by atoms with Gasteiger partial charge in [0.15, 0.2) is 0 Å². The summed E-state index contributed by atoms with van der Waals surface area (Å²) in [5.41, 5.74) is 5.32. The van der Waals surface area contributed by atoms with E-state index < -0.39 is 5.54 Å². The van der Waals surface area contributed by atoms with E-state index in [4.69, 9.17) is 5.73 Å². The molecule has 1 atom stereocenters. The fraction of sp³-hybridized carbons (Fsp3) is 0.889. The molecule has 0 saturated carbocycles. The van der Waals surface area contributed by atoms with E-state index in [1.807, 2.05) is 13.8 Å². The van der Waals surface area contributed by atoms with Crippen molar-refractivity contribution in [3.8, 4) is 0 Å². The van der Waals surface area contributed by atoms with E-state index in [-0.39, 0.29) is 5.91 Å². The van der Waals surface area contributed by atoms with E-state index in [0.717, 1.165) is 12.8 Å². The van der Waals surface area contributed by atoms with Gasteiger partial charge < -0.3 is 10.6 Å². The molecule has 0 aliphatic carbocycles. The molecule has 0 aromatic rings. The standard InChI is InChI=1S/C9H20N2O/c1-5-7-9(10,6-2)8(12)11(3)4/h5-7,10H2,1-4H3. The number of nitrogens with zero attached hydrogens (tertiary/aromatic N) is 1. The van der Waals surface area contributed by atoms with Gasteiger partial charge in [0.2, 0.25) is 5.91 Å². The van der Waals surface area contributed by atoms with Crippen LogP contribution in [0.4, 0.5) is 0 Å². The zero-order valence-electron chi connectivity index (χ0n) is 8.55. The minimum Gasteiger partial charge on any atom is -0.347 e. The molecule has 3 nitrogen and oxygen atoms in total. The number of carbonyl (C=O) groups excluding carboxylic acids is 1. The maximum Gasteiger partial charge on any atom is 0.242 e. The third-order valence-electron chi connectivity index (χ3n) is 2.16. The van der Waals surface area contributed by atoms with Crippen molar-refractivity contribution < 1.29 is 4.79 Å². The van der Waals surface area contributed by atoms with E-state index in [1.54, 1.807) is 19.0 Å². The van der Waals surface area contributed by atoms with Crippen LogP contribution < -0.4 is 5.73 Å². The van der Waals surface area contributed by atoms with Crippen LogP contribution in [0, 0.1) is 0 Å². The molecular weight excluding hydrogens is 152 g/mol. The van der Waals surface area contributed by atoms with Crippen molar-refractivity contribution in [2.45, 2.75) is 38.6 Å². The Bertz CT molecular complexity index is 157. The molecule has 0 aliphatic rings. The monoisotopic (exact) mass is 172 g/mol. The Labute approximate surface area is 74.9 Å². The topological polar surface area (TPSA) is 46.3 Å². The molecule has 0 fully saturated rings. The third kappa shape index (κ3) is 2.48. The van der Waals surface area contributed by atoms with Gasteiger partial charge in [-0.2, -0.15) is 0 Å². The summed E-state index contributed by atoms with van der Waals surface area (Å²) in [6.45, 7) is 4.00. The normalized spacial score (nSPS) is 15.4. The van der Waals surface area contributed by atoms with Gasteiger partial charge in [0.1, 0.15) is 0 Å². The molecule has 0 radical (unpaired) electrons. The molecule has 0 aromatic carbocycles. The average Bonchev–Trinajstić information content (AvgIpc) is 2.03. The van der Waals surface area contributed by atoms with E-state index in [2.05, 4.69) is 0 Å². The second-order valence-corrected chi connectivity index (χ2v) is 3.46. The first kappa shape index (κ1) is 11.4. The third-order valence-corrected chi connectivity index (χ3v) is 2.16. The fourth-order valence-electron chi connectivity index (χ4n) is 1.33. The quantitative estimate of drug-likeness (QED) is 0.687. The van der Waals surface area contributed by atoms with Gasteiger partial charge in [-0.1, -0.05) is 20.3 Å². The molecule has 12 heavy (non-hydrogen) atoms. The minimum atomic E-state index is -0.641. The Balaban J connectivity index is 4.40. The highest BCUT2D eigenvalue weighted by Gasteiger charge is 2.31. The Kier molecular flexibility index (Phi) is 4.24. The smallest absolute Gasteiger partial charge is 0.242 e. The molecule has 0 aromatic heterocycles. The highest BCUT2D eigenvalue weighted by Crippen LogP contribution is 2.15. The summed E-state index contributed by atoms with van der Waals surface area (Å²) in [5, 5.41) is 0. The maximum atomic E-state index is 11.6. The van der Waals surface area contributed by atoms with E-state index >= 15 is 0 Å². The maximum absolute atomic E-state index is 11.6. The zero-order chi connectivity index (χ0) is 9.78. The van der Waals surface area contributed by atoms with Crippen LogP contribution in [0.5, 0.6) is 0 Å². The molecule has 72 valence electrons. The summed E-state index contributed by atoms with van der Waals surface area (Å²) in [6.07, 6.45) is 2.42. The van der Waals surface area contributed by atoms with Crippen molar-refractivity contribution in [1.29, 1.82) is 0 Å². The van der Waals surface area contributed by atoms with E-state index in [1.165, 1.54) is 0 Å². The summed E-state index contributed by atoms with van der Waals surface area (Å²) >= 11 is 0. The van der Waals surface area contributed by atoms with Gasteiger partial charge in [-0.15, -0.1) is 0 Å². The van der Waals surface area contributed by atoms with Crippen molar-refractivity contribution in [2.24, 2.45) is 5.73 Å². The highest BCUT2D eigenvalue weighted by atomic mass is 16.2. The van der Waals surface area contributed by atoms with Gasteiger partial charge >= 0.3 is 0 Å². The Morgan fingerprint density at radius 1 is 1.42 bits per heavy atom. The fourth-order valence-corrected chi connectivity index (χ4v) is 1.33. The first-order valence-electron chi connectivity index (χ1n) is 4.48. The van der Waals surface area contributed by atoms with Crippen molar-refractivity contribution in [2.75, 3.05) is 14.1 Å². The lowest BCUT2D eigenvalue weighted by Gasteiger charge is -2.29. The van der Waals surface area contributed by atoms with Crippen LogP contribution in [-0.2, 0) is 4.79 Å². The van der Waals surface area contributed by atoms with Crippen LogP contribution in [0.1, 0.15) is 33.1 Å². The van der Waals surface area contributed by atoms with Gasteiger partial charge in [0.05, 0.1) is 5.54 Å². The number of carbonyl (C=O) groups is 1. The number of rotatable bonds is 4. The Morgan fingerprint density at radius 3 is 2.17 bits per heavy atom. The van der Waals surface area contributed by atoms with Crippen molar-refractivity contribution >= 4 is 5.91 Å². The first-order chi connectivity index (χ1) is 5.48. The molecular formula is C9H20N2O. The van der Waals surface area contributed by atoms with Crippen molar-refractivity contribution in [3.63, 3.8) is 0 Å². The number of likely N-dealkylation sites (N-methyl/N-ethyl adjacent to an activating group) is 1. The summed E-state index contributed by atoms with van der Waals surface area (Å²) < 4.78 is 0. The van der Waals surface area contributed by atoms with Crippen LogP contribution in [0.15, 0.2) is 0 Å². The number of hydrogen-bond donors (Lipinski definition) is 1. The molecule has 0 bridgehead atoms. The average molecular weight is 172 g/mol. The van der Waals surface area contributed by atoms with Crippen LogP contribution in [0.3, 0.4) is 0 Å². The van der Waals surface area contributed by atoms with E-state index in [9.17, 15) is 4.79 Å². The molecule has 0 rings (SSSR count). The zero-order valence-corrected chi connectivity index (χ0v) is 8.55. The highest BCUT2D eigenvalue weighted by molar-refractivity contribution is 5.85. The van der Waals surface area contributed by atoms with Gasteiger partial charge in [-0.25, -0.2) is 0 Å². The number of hydrogen-bond acceptors (Lipinski definition) is 2. The predicted molar refractivity (Wildman–Crippen MR) is 50.8 cm³/mol. The summed E-state index contributed by atoms with van der Waals surface area (Å²) in [5.74, 6) is 0.0341. The molecule has 0 aliphatic heterocycles.